The number of aryl methyl sites for hydroxylation is 2. The number of likely N-dealkylation sites (tertiary alicyclic amines) is 1. The second-order valence-electron chi connectivity index (χ2n) is 6.46. The minimum Gasteiger partial charge on any atom is -0.370 e. The van der Waals surface area contributed by atoms with Gasteiger partial charge in [0.2, 0.25) is 0 Å². The first kappa shape index (κ1) is 17.5. The van der Waals surface area contributed by atoms with E-state index in [1.54, 1.807) is 0 Å². The highest BCUT2D eigenvalue weighted by atomic mass is 127. The molecule has 0 radical (unpaired) electrons. The maximum absolute atomic E-state index is 6.13. The van der Waals surface area contributed by atoms with Crippen molar-refractivity contribution in [2.75, 3.05) is 13.1 Å². The second-order valence-corrected chi connectivity index (χ2v) is 6.46. The summed E-state index contributed by atoms with van der Waals surface area (Å²) in [5.41, 5.74) is 9.87. The first-order valence-corrected chi connectivity index (χ1v) is 8.25. The van der Waals surface area contributed by atoms with Crippen LogP contribution < -0.4 is 5.73 Å². The number of hydrogen-bond acceptors (Lipinski definition) is 2. The molecular weight excluding hydrogens is 387 g/mol. The lowest BCUT2D eigenvalue weighted by atomic mass is 9.96. The number of nitrogens with two attached hydrogens (primary N) is 1. The third kappa shape index (κ3) is 4.33. The van der Waals surface area contributed by atoms with Crippen LogP contribution in [-0.2, 0) is 19.4 Å². The number of aromatic nitrogens is 1. The Labute approximate surface area is 150 Å². The van der Waals surface area contributed by atoms with E-state index in [1.807, 2.05) is 0 Å². The Hall–Kier alpha value is -0.850. The molecule has 0 aromatic carbocycles. The normalized spacial score (nSPS) is 19.5. The molecular formula is C17H27IN4. The van der Waals surface area contributed by atoms with E-state index in [1.165, 1.54) is 43.4 Å². The standard InChI is InChI=1S/C17H26N4.HI/c1-13-8-10-21(11-9-13)17(18)19-12-15-7-6-14-4-2-3-5-16(14)20-15;/h6-7,13H,2-5,8-12H2,1H3,(H2,18,19);1H. The van der Waals surface area contributed by atoms with Crippen molar-refractivity contribution in [2.24, 2.45) is 16.6 Å². The van der Waals surface area contributed by atoms with Gasteiger partial charge in [0.25, 0.3) is 0 Å². The van der Waals surface area contributed by atoms with Crippen LogP contribution in [0.15, 0.2) is 17.1 Å². The van der Waals surface area contributed by atoms with Gasteiger partial charge in [-0.25, -0.2) is 4.99 Å². The van der Waals surface area contributed by atoms with Crippen LogP contribution in [0.1, 0.15) is 49.6 Å². The topological polar surface area (TPSA) is 54.5 Å². The molecule has 0 saturated carbocycles. The monoisotopic (exact) mass is 414 g/mol. The van der Waals surface area contributed by atoms with E-state index in [9.17, 15) is 0 Å². The highest BCUT2D eigenvalue weighted by molar-refractivity contribution is 14.0. The van der Waals surface area contributed by atoms with Crippen LogP contribution in [0.25, 0.3) is 0 Å². The maximum Gasteiger partial charge on any atom is 0.191 e. The predicted molar refractivity (Wildman–Crippen MR) is 102 cm³/mol. The van der Waals surface area contributed by atoms with Crippen LogP contribution >= 0.6 is 24.0 Å². The molecule has 1 fully saturated rings. The van der Waals surface area contributed by atoms with Gasteiger partial charge in [0.05, 0.1) is 12.2 Å². The van der Waals surface area contributed by atoms with Gasteiger partial charge in [-0.2, -0.15) is 0 Å². The van der Waals surface area contributed by atoms with Crippen LogP contribution in [-0.4, -0.2) is 28.9 Å². The first-order valence-electron chi connectivity index (χ1n) is 8.25. The number of rotatable bonds is 2. The number of piperidine rings is 1. The van der Waals surface area contributed by atoms with Gasteiger partial charge in [-0.3, -0.25) is 4.98 Å². The van der Waals surface area contributed by atoms with Crippen molar-refractivity contribution in [2.45, 2.75) is 52.0 Å². The molecule has 1 saturated heterocycles. The Morgan fingerprint density at radius 2 is 2.00 bits per heavy atom. The first-order chi connectivity index (χ1) is 10.2. The Kier molecular flexibility index (Phi) is 6.47. The number of hydrogen-bond donors (Lipinski definition) is 1. The third-order valence-electron chi connectivity index (χ3n) is 4.75. The largest absolute Gasteiger partial charge is 0.370 e. The van der Waals surface area contributed by atoms with Gasteiger partial charge in [0.15, 0.2) is 5.96 Å². The van der Waals surface area contributed by atoms with Gasteiger partial charge in [0.1, 0.15) is 0 Å². The molecule has 1 aromatic heterocycles. The van der Waals surface area contributed by atoms with Gasteiger partial charge in [-0.1, -0.05) is 13.0 Å². The second kappa shape index (κ2) is 8.13. The Balaban J connectivity index is 0.00000176. The minimum atomic E-state index is 0. The molecule has 0 amide bonds. The lowest BCUT2D eigenvalue weighted by Crippen LogP contribution is -2.42. The zero-order chi connectivity index (χ0) is 14.7. The highest BCUT2D eigenvalue weighted by Gasteiger charge is 2.17. The van der Waals surface area contributed by atoms with Crippen LogP contribution in [0.5, 0.6) is 0 Å². The van der Waals surface area contributed by atoms with E-state index < -0.39 is 0 Å². The third-order valence-corrected chi connectivity index (χ3v) is 4.75. The molecule has 1 aliphatic heterocycles. The average molecular weight is 414 g/mol. The van der Waals surface area contributed by atoms with E-state index in [-0.39, 0.29) is 24.0 Å². The summed E-state index contributed by atoms with van der Waals surface area (Å²) >= 11 is 0. The zero-order valence-electron chi connectivity index (χ0n) is 13.4. The lowest BCUT2D eigenvalue weighted by Gasteiger charge is -2.31. The summed E-state index contributed by atoms with van der Waals surface area (Å²) < 4.78 is 0. The molecule has 0 bridgehead atoms. The molecule has 2 aliphatic rings. The predicted octanol–water partition coefficient (Wildman–Crippen LogP) is 3.13. The lowest BCUT2D eigenvalue weighted by molar-refractivity contribution is 0.277. The van der Waals surface area contributed by atoms with Crippen molar-refractivity contribution in [3.8, 4) is 0 Å². The molecule has 5 heteroatoms. The van der Waals surface area contributed by atoms with Crippen molar-refractivity contribution in [3.05, 3.63) is 29.1 Å². The molecule has 2 heterocycles. The Bertz CT molecular complexity index is 521. The van der Waals surface area contributed by atoms with Gasteiger partial charge in [-0.15, -0.1) is 24.0 Å². The molecule has 2 N–H and O–H groups in total. The van der Waals surface area contributed by atoms with Crippen molar-refractivity contribution in [1.82, 2.24) is 9.88 Å². The molecule has 1 aliphatic carbocycles. The zero-order valence-corrected chi connectivity index (χ0v) is 15.8. The molecule has 4 nitrogen and oxygen atoms in total. The summed E-state index contributed by atoms with van der Waals surface area (Å²) in [5, 5.41) is 0. The van der Waals surface area contributed by atoms with E-state index >= 15 is 0 Å². The number of guanidine groups is 1. The molecule has 0 unspecified atom stereocenters. The molecule has 0 atom stereocenters. The summed E-state index contributed by atoms with van der Waals surface area (Å²) in [5.74, 6) is 1.50. The van der Waals surface area contributed by atoms with Crippen LogP contribution in [0, 0.1) is 5.92 Å². The molecule has 122 valence electrons. The summed E-state index contributed by atoms with van der Waals surface area (Å²) in [7, 11) is 0. The average Bonchev–Trinajstić information content (AvgIpc) is 2.53. The van der Waals surface area contributed by atoms with Crippen LogP contribution in [0.2, 0.25) is 0 Å². The van der Waals surface area contributed by atoms with Crippen molar-refractivity contribution in [1.29, 1.82) is 0 Å². The molecule has 0 spiro atoms. The van der Waals surface area contributed by atoms with Gasteiger partial charge in [0, 0.05) is 18.8 Å². The summed E-state index contributed by atoms with van der Waals surface area (Å²) in [6.07, 6.45) is 7.29. The molecule has 22 heavy (non-hydrogen) atoms. The van der Waals surface area contributed by atoms with E-state index in [0.29, 0.717) is 12.5 Å². The van der Waals surface area contributed by atoms with E-state index in [0.717, 1.165) is 31.1 Å². The SMILES string of the molecule is CC1CCN(C(N)=NCc2ccc3c(n2)CCCC3)CC1.I. The maximum atomic E-state index is 6.13. The Morgan fingerprint density at radius 3 is 2.77 bits per heavy atom. The smallest absolute Gasteiger partial charge is 0.191 e. The number of pyridine rings is 1. The van der Waals surface area contributed by atoms with Gasteiger partial charge in [-0.05, 0) is 56.1 Å². The van der Waals surface area contributed by atoms with Gasteiger partial charge < -0.3 is 10.6 Å². The fourth-order valence-corrected chi connectivity index (χ4v) is 3.22. The molecule has 1 aromatic rings. The quantitative estimate of drug-likeness (QED) is 0.460. The minimum absolute atomic E-state index is 0. The number of fused-ring (bicyclic) bond motifs is 1. The highest BCUT2D eigenvalue weighted by Crippen LogP contribution is 2.20. The fourth-order valence-electron chi connectivity index (χ4n) is 3.22. The van der Waals surface area contributed by atoms with Crippen LogP contribution in [0.3, 0.4) is 0 Å². The fraction of sp³-hybridized carbons (Fsp3) is 0.647. The van der Waals surface area contributed by atoms with Crippen molar-refractivity contribution in [3.63, 3.8) is 0 Å². The Morgan fingerprint density at radius 1 is 1.27 bits per heavy atom. The molecule has 3 rings (SSSR count). The number of aliphatic imine (C=N–C) groups is 1. The van der Waals surface area contributed by atoms with Crippen molar-refractivity contribution < 1.29 is 0 Å². The van der Waals surface area contributed by atoms with Gasteiger partial charge >= 0.3 is 0 Å². The summed E-state index contributed by atoms with van der Waals surface area (Å²) in [6, 6.07) is 4.34. The van der Waals surface area contributed by atoms with Crippen LogP contribution in [0.4, 0.5) is 0 Å². The summed E-state index contributed by atoms with van der Waals surface area (Å²) in [6.45, 7) is 4.98. The number of halogens is 1. The summed E-state index contributed by atoms with van der Waals surface area (Å²) in [4.78, 5) is 11.5. The van der Waals surface area contributed by atoms with E-state index in [4.69, 9.17) is 10.7 Å². The van der Waals surface area contributed by atoms with E-state index in [2.05, 4.69) is 28.9 Å². The van der Waals surface area contributed by atoms with Crippen molar-refractivity contribution >= 4 is 29.9 Å². The number of nitrogens with zero attached hydrogens (tertiary/aromatic N) is 3.